The van der Waals surface area contributed by atoms with Gasteiger partial charge in [-0.15, -0.1) is 0 Å². The van der Waals surface area contributed by atoms with Crippen LogP contribution in [0.25, 0.3) is 5.70 Å². The van der Waals surface area contributed by atoms with E-state index in [4.69, 9.17) is 9.73 Å². The number of ether oxygens (including phenoxy) is 1. The molecule has 1 N–H and O–H groups in total. The number of rotatable bonds is 2. The first-order chi connectivity index (χ1) is 17.2. The van der Waals surface area contributed by atoms with Crippen molar-refractivity contribution in [2.24, 2.45) is 10.4 Å². The molecule has 1 saturated heterocycles. The highest BCUT2D eigenvalue weighted by Crippen LogP contribution is 2.55. The first kappa shape index (κ1) is 22.4. The average molecular weight is 568 g/mol. The monoisotopic (exact) mass is 567 g/mol. The van der Waals surface area contributed by atoms with Crippen molar-refractivity contribution in [1.29, 1.82) is 0 Å². The fourth-order valence-corrected chi connectivity index (χ4v) is 8.44. The van der Waals surface area contributed by atoms with Gasteiger partial charge in [0.25, 0.3) is 10.0 Å². The number of halogens is 1. The highest BCUT2D eigenvalue weighted by molar-refractivity contribution is 9.10. The molecule has 2 aliphatic carbocycles. The van der Waals surface area contributed by atoms with Crippen LogP contribution in [0.4, 0.5) is 0 Å². The van der Waals surface area contributed by atoms with E-state index in [1.165, 1.54) is 0 Å². The SMILES string of the molecule is Cc1ccc(S(=O)(=O)n2cc3c4c2C(=O)C2=N[C@@H]5COC6[C@@H](Br)C(=O)C=C[C@]6(C5)C2=C4NCC3)cc1. The van der Waals surface area contributed by atoms with E-state index < -0.39 is 32.2 Å². The highest BCUT2D eigenvalue weighted by atomic mass is 79.9. The van der Waals surface area contributed by atoms with Gasteiger partial charge in [0.2, 0.25) is 5.78 Å². The van der Waals surface area contributed by atoms with Gasteiger partial charge in [0.15, 0.2) is 5.78 Å². The Morgan fingerprint density at radius 1 is 1.22 bits per heavy atom. The third-order valence-corrected chi connectivity index (χ3v) is 10.5. The van der Waals surface area contributed by atoms with E-state index in [0.717, 1.165) is 20.8 Å². The van der Waals surface area contributed by atoms with Gasteiger partial charge >= 0.3 is 0 Å². The lowest BCUT2D eigenvalue weighted by molar-refractivity contribution is -0.122. The molecule has 3 aliphatic heterocycles. The summed E-state index contributed by atoms with van der Waals surface area (Å²) in [4.78, 5) is 31.0. The molecule has 1 unspecified atom stereocenters. The van der Waals surface area contributed by atoms with Crippen LogP contribution in [0.5, 0.6) is 0 Å². The molecule has 1 spiro atoms. The van der Waals surface area contributed by atoms with Crippen LogP contribution in [0.2, 0.25) is 0 Å². The smallest absolute Gasteiger partial charge is 0.268 e. The Morgan fingerprint density at radius 3 is 2.78 bits per heavy atom. The Hall–Kier alpha value is -2.82. The first-order valence-corrected chi connectivity index (χ1v) is 14.2. The van der Waals surface area contributed by atoms with Crippen molar-refractivity contribution < 1.29 is 22.7 Å². The number of fused-ring (bicyclic) bond motifs is 2. The molecule has 4 heterocycles. The van der Waals surface area contributed by atoms with Gasteiger partial charge < -0.3 is 10.1 Å². The van der Waals surface area contributed by atoms with Gasteiger partial charge in [0.1, 0.15) is 16.2 Å². The fraction of sp³-hybridized carbons (Fsp3) is 0.346. The third-order valence-electron chi connectivity index (χ3n) is 7.90. The summed E-state index contributed by atoms with van der Waals surface area (Å²) in [6.45, 7) is 2.78. The molecule has 36 heavy (non-hydrogen) atoms. The van der Waals surface area contributed by atoms with Crippen LogP contribution in [0.15, 0.2) is 58.1 Å². The molecule has 2 bridgehead atoms. The zero-order chi connectivity index (χ0) is 25.0. The van der Waals surface area contributed by atoms with Crippen molar-refractivity contribution in [2.75, 3.05) is 13.2 Å². The Balaban J connectivity index is 1.51. The van der Waals surface area contributed by atoms with Crippen LogP contribution in [0, 0.1) is 12.3 Å². The summed E-state index contributed by atoms with van der Waals surface area (Å²) >= 11 is 3.53. The van der Waals surface area contributed by atoms with E-state index in [-0.39, 0.29) is 28.1 Å². The molecule has 1 aromatic heterocycles. The molecule has 184 valence electrons. The average Bonchev–Trinajstić information content (AvgIpc) is 3.27. The molecule has 0 amide bonds. The summed E-state index contributed by atoms with van der Waals surface area (Å²) in [5.74, 6) is -0.482. The zero-order valence-corrected chi connectivity index (χ0v) is 21.7. The number of carbonyl (C=O) groups is 2. The van der Waals surface area contributed by atoms with E-state index in [0.29, 0.717) is 37.1 Å². The van der Waals surface area contributed by atoms with Crippen LogP contribution in [0.1, 0.15) is 33.6 Å². The Morgan fingerprint density at radius 2 is 2.00 bits per heavy atom. The number of allylic oxidation sites excluding steroid dienone is 1. The normalized spacial score (nSPS) is 30.3. The lowest BCUT2D eigenvalue weighted by Crippen LogP contribution is -2.59. The van der Waals surface area contributed by atoms with Crippen molar-refractivity contribution in [3.63, 3.8) is 0 Å². The highest BCUT2D eigenvalue weighted by Gasteiger charge is 2.59. The number of nitrogens with zero attached hydrogens (tertiary/aromatic N) is 2. The van der Waals surface area contributed by atoms with Gasteiger partial charge in [-0.25, -0.2) is 12.4 Å². The predicted octanol–water partition coefficient (Wildman–Crippen LogP) is 2.59. The zero-order valence-electron chi connectivity index (χ0n) is 19.3. The predicted molar refractivity (Wildman–Crippen MR) is 136 cm³/mol. The molecular weight excluding hydrogens is 546 g/mol. The number of aliphatic imine (C=N–C) groups is 1. The second-order valence-corrected chi connectivity index (χ2v) is 12.8. The van der Waals surface area contributed by atoms with Gasteiger partial charge in [-0.3, -0.25) is 14.6 Å². The number of ketones is 2. The Labute approximate surface area is 216 Å². The van der Waals surface area contributed by atoms with Gasteiger partial charge in [0.05, 0.1) is 29.3 Å². The van der Waals surface area contributed by atoms with Crippen molar-refractivity contribution in [3.05, 3.63) is 70.6 Å². The minimum absolute atomic E-state index is 0.0748. The lowest BCUT2D eigenvalue weighted by Gasteiger charge is -2.52. The fourth-order valence-electron chi connectivity index (χ4n) is 6.27. The number of Topliss-reactive ketones (excluding diaryl/α,β-unsaturated/α-hetero) is 1. The van der Waals surface area contributed by atoms with E-state index >= 15 is 0 Å². The minimum atomic E-state index is -4.01. The molecular formula is C26H22BrN3O5S. The number of alkyl halides is 1. The van der Waals surface area contributed by atoms with Crippen LogP contribution < -0.4 is 5.32 Å². The molecule has 0 radical (unpaired) electrons. The minimum Gasteiger partial charge on any atom is -0.384 e. The molecule has 5 aliphatic rings. The standard InChI is InChI=1S/C26H22BrN3O5S/c1-13-2-4-16(5-3-13)36(33,34)30-11-14-7-9-28-21-18(14)23(30)24(32)22-19(21)26-8-6-17(31)20(27)25(26)35-12-15(10-26)29-22/h2-6,8,11,15,20,25,28H,7,9-10,12H2,1H3/t15-,20-,25?,26-/m0/s1. The van der Waals surface area contributed by atoms with Crippen LogP contribution >= 0.6 is 15.9 Å². The number of benzene rings is 1. The summed E-state index contributed by atoms with van der Waals surface area (Å²) in [6, 6.07) is 6.35. The molecule has 2 aromatic rings. The topological polar surface area (TPSA) is 107 Å². The molecule has 1 fully saturated rings. The van der Waals surface area contributed by atoms with E-state index in [1.54, 1.807) is 36.5 Å². The number of nitrogens with one attached hydrogen (secondary N) is 1. The Bertz CT molecular complexity index is 1580. The number of hydrogen-bond donors (Lipinski definition) is 1. The van der Waals surface area contributed by atoms with Crippen molar-refractivity contribution >= 4 is 48.9 Å². The largest absolute Gasteiger partial charge is 0.384 e. The maximum atomic E-state index is 14.1. The lowest BCUT2D eigenvalue weighted by atomic mass is 9.60. The van der Waals surface area contributed by atoms with Gasteiger partial charge in [-0.05, 0) is 43.5 Å². The summed E-state index contributed by atoms with van der Waals surface area (Å²) in [5.41, 5.74) is 3.45. The second-order valence-electron chi connectivity index (χ2n) is 10.0. The van der Waals surface area contributed by atoms with Crippen molar-refractivity contribution in [1.82, 2.24) is 9.29 Å². The maximum Gasteiger partial charge on any atom is 0.268 e. The molecule has 4 atom stereocenters. The first-order valence-electron chi connectivity index (χ1n) is 11.9. The summed E-state index contributed by atoms with van der Waals surface area (Å²) in [5, 5.41) is 3.45. The number of carbonyl (C=O) groups excluding carboxylic acids is 2. The molecule has 10 heteroatoms. The summed E-state index contributed by atoms with van der Waals surface area (Å²) in [7, 11) is -4.01. The molecule has 0 saturated carbocycles. The van der Waals surface area contributed by atoms with E-state index in [1.807, 2.05) is 13.0 Å². The van der Waals surface area contributed by atoms with E-state index in [9.17, 15) is 18.0 Å². The Kier molecular flexibility index (Phi) is 4.58. The molecule has 8 nitrogen and oxygen atoms in total. The molecule has 1 aromatic carbocycles. The third kappa shape index (κ3) is 2.77. The number of aromatic nitrogens is 1. The van der Waals surface area contributed by atoms with Gasteiger partial charge in [0, 0.05) is 29.3 Å². The van der Waals surface area contributed by atoms with Crippen LogP contribution in [0.3, 0.4) is 0 Å². The quantitative estimate of drug-likeness (QED) is 0.559. The number of hydrogen-bond acceptors (Lipinski definition) is 7. The van der Waals surface area contributed by atoms with Crippen LogP contribution in [-0.4, -0.2) is 59.8 Å². The van der Waals surface area contributed by atoms with Gasteiger partial charge in [-0.2, -0.15) is 0 Å². The van der Waals surface area contributed by atoms with Crippen molar-refractivity contribution in [3.8, 4) is 0 Å². The maximum absolute atomic E-state index is 14.1. The molecule has 7 rings (SSSR count). The van der Waals surface area contributed by atoms with Crippen LogP contribution in [-0.2, 0) is 26.0 Å². The number of aryl methyl sites for hydroxylation is 1. The van der Waals surface area contributed by atoms with Crippen molar-refractivity contribution in [2.45, 2.75) is 41.6 Å². The van der Waals surface area contributed by atoms with E-state index in [2.05, 4.69) is 21.2 Å². The summed E-state index contributed by atoms with van der Waals surface area (Å²) in [6.07, 6.45) is 5.74. The van der Waals surface area contributed by atoms with Gasteiger partial charge in [-0.1, -0.05) is 39.7 Å². The second kappa shape index (κ2) is 7.36. The summed E-state index contributed by atoms with van der Waals surface area (Å²) < 4.78 is 34.8.